The van der Waals surface area contributed by atoms with Gasteiger partial charge in [-0.2, -0.15) is 0 Å². The third-order valence-corrected chi connectivity index (χ3v) is 3.31. The van der Waals surface area contributed by atoms with E-state index in [-0.39, 0.29) is 12.2 Å². The number of nitrogens with two attached hydrogens (primary N) is 1. The monoisotopic (exact) mass is 388 g/mol. The van der Waals surface area contributed by atoms with Crippen LogP contribution in [0.4, 0.5) is 14.9 Å². The molecule has 1 atom stereocenters. The summed E-state index contributed by atoms with van der Waals surface area (Å²) in [6.07, 6.45) is 0.989. The standard InChI is InChI=1S/C14H18BrFN4O3/c1-2-3-11(13(22)18-7-12(17)21)20-14(23)19-10-5-4-8(15)6-9(10)16/h4-6,11H,2-3,7H2,1H3,(H2,17,21)(H,18,22)(H2,19,20,23)/t11-/m0/s1. The van der Waals surface area contributed by atoms with Gasteiger partial charge in [-0.1, -0.05) is 29.3 Å². The smallest absolute Gasteiger partial charge is 0.319 e. The molecular formula is C14H18BrFN4O3. The molecule has 126 valence electrons. The maximum atomic E-state index is 13.7. The van der Waals surface area contributed by atoms with E-state index in [1.165, 1.54) is 12.1 Å². The van der Waals surface area contributed by atoms with Gasteiger partial charge in [-0.3, -0.25) is 9.59 Å². The van der Waals surface area contributed by atoms with Gasteiger partial charge in [-0.25, -0.2) is 9.18 Å². The van der Waals surface area contributed by atoms with E-state index < -0.39 is 29.7 Å². The van der Waals surface area contributed by atoms with Crippen molar-refractivity contribution in [2.75, 3.05) is 11.9 Å². The second-order valence-corrected chi connectivity index (χ2v) is 5.66. The molecular weight excluding hydrogens is 371 g/mol. The third-order valence-electron chi connectivity index (χ3n) is 2.82. The van der Waals surface area contributed by atoms with Crippen molar-refractivity contribution in [1.82, 2.24) is 10.6 Å². The van der Waals surface area contributed by atoms with Crippen LogP contribution in [0.5, 0.6) is 0 Å². The van der Waals surface area contributed by atoms with Gasteiger partial charge in [0.1, 0.15) is 11.9 Å². The molecule has 0 unspecified atom stereocenters. The van der Waals surface area contributed by atoms with Gasteiger partial charge in [-0.15, -0.1) is 0 Å². The first-order valence-electron chi connectivity index (χ1n) is 6.92. The van der Waals surface area contributed by atoms with Crippen LogP contribution in [0.3, 0.4) is 0 Å². The molecule has 0 heterocycles. The molecule has 1 rings (SSSR count). The van der Waals surface area contributed by atoms with Crippen LogP contribution < -0.4 is 21.7 Å². The SMILES string of the molecule is CCC[C@H](NC(=O)Nc1ccc(Br)cc1F)C(=O)NCC(N)=O. The normalized spacial score (nSPS) is 11.4. The highest BCUT2D eigenvalue weighted by Gasteiger charge is 2.20. The minimum atomic E-state index is -0.849. The number of hydrogen-bond donors (Lipinski definition) is 4. The Kier molecular flexibility index (Phi) is 7.46. The topological polar surface area (TPSA) is 113 Å². The van der Waals surface area contributed by atoms with Crippen molar-refractivity contribution in [2.45, 2.75) is 25.8 Å². The maximum Gasteiger partial charge on any atom is 0.319 e. The maximum absolute atomic E-state index is 13.7. The molecule has 0 saturated heterocycles. The fourth-order valence-electron chi connectivity index (χ4n) is 1.76. The second kappa shape index (κ2) is 9.09. The summed E-state index contributed by atoms with van der Waals surface area (Å²) >= 11 is 3.11. The average molecular weight is 389 g/mol. The van der Waals surface area contributed by atoms with Gasteiger partial charge in [-0.05, 0) is 24.6 Å². The molecule has 0 aliphatic heterocycles. The van der Waals surface area contributed by atoms with Gasteiger partial charge in [0, 0.05) is 4.47 Å². The largest absolute Gasteiger partial charge is 0.368 e. The van der Waals surface area contributed by atoms with Crippen LogP contribution in [0, 0.1) is 5.82 Å². The number of nitrogens with one attached hydrogen (secondary N) is 3. The molecule has 0 aliphatic carbocycles. The van der Waals surface area contributed by atoms with Crippen LogP contribution in [0.25, 0.3) is 0 Å². The van der Waals surface area contributed by atoms with E-state index in [9.17, 15) is 18.8 Å². The van der Waals surface area contributed by atoms with E-state index in [2.05, 4.69) is 31.9 Å². The number of halogens is 2. The summed E-state index contributed by atoms with van der Waals surface area (Å²) in [5, 5.41) is 7.09. The molecule has 9 heteroatoms. The Morgan fingerprint density at radius 2 is 2.04 bits per heavy atom. The van der Waals surface area contributed by atoms with E-state index in [1.807, 2.05) is 6.92 Å². The summed E-state index contributed by atoms with van der Waals surface area (Å²) in [5.74, 6) is -1.83. The van der Waals surface area contributed by atoms with Crippen molar-refractivity contribution in [3.8, 4) is 0 Å². The number of rotatable bonds is 7. The molecule has 0 spiro atoms. The molecule has 1 aromatic rings. The Morgan fingerprint density at radius 1 is 1.35 bits per heavy atom. The van der Waals surface area contributed by atoms with Crippen LogP contribution in [-0.2, 0) is 9.59 Å². The van der Waals surface area contributed by atoms with Crippen LogP contribution >= 0.6 is 15.9 Å². The van der Waals surface area contributed by atoms with Crippen molar-refractivity contribution in [3.63, 3.8) is 0 Å². The highest BCUT2D eigenvalue weighted by Crippen LogP contribution is 2.19. The summed E-state index contributed by atoms with van der Waals surface area (Å²) in [6.45, 7) is 1.52. The highest BCUT2D eigenvalue weighted by atomic mass is 79.9. The molecule has 0 aliphatic rings. The van der Waals surface area contributed by atoms with Gasteiger partial charge in [0.2, 0.25) is 11.8 Å². The average Bonchev–Trinajstić information content (AvgIpc) is 2.47. The molecule has 4 amide bonds. The fourth-order valence-corrected chi connectivity index (χ4v) is 2.10. The summed E-state index contributed by atoms with van der Waals surface area (Å²) in [6, 6.07) is 2.60. The minimum absolute atomic E-state index is 0.0153. The zero-order valence-corrected chi connectivity index (χ0v) is 14.1. The summed E-state index contributed by atoms with van der Waals surface area (Å²) in [5.41, 5.74) is 4.93. The number of hydrogen-bond acceptors (Lipinski definition) is 3. The number of primary amides is 1. The first-order valence-corrected chi connectivity index (χ1v) is 7.71. The van der Waals surface area contributed by atoms with Crippen LogP contribution in [0.1, 0.15) is 19.8 Å². The lowest BCUT2D eigenvalue weighted by Gasteiger charge is -2.18. The Labute approximate surface area is 141 Å². The van der Waals surface area contributed by atoms with Gasteiger partial charge < -0.3 is 21.7 Å². The zero-order valence-electron chi connectivity index (χ0n) is 12.5. The van der Waals surface area contributed by atoms with Crippen molar-refractivity contribution in [1.29, 1.82) is 0 Å². The number of carbonyl (C=O) groups is 3. The van der Waals surface area contributed by atoms with Gasteiger partial charge in [0.15, 0.2) is 0 Å². The Balaban J connectivity index is 2.66. The van der Waals surface area contributed by atoms with Gasteiger partial charge in [0.05, 0.1) is 12.2 Å². The second-order valence-electron chi connectivity index (χ2n) is 4.75. The lowest BCUT2D eigenvalue weighted by molar-refractivity contribution is -0.126. The third kappa shape index (κ3) is 6.64. The lowest BCUT2D eigenvalue weighted by Crippen LogP contribution is -2.49. The Bertz CT molecular complexity index is 597. The Hall–Kier alpha value is -2.16. The minimum Gasteiger partial charge on any atom is -0.368 e. The molecule has 0 radical (unpaired) electrons. The quantitative estimate of drug-likeness (QED) is 0.567. The van der Waals surface area contributed by atoms with Crippen LogP contribution in [0.2, 0.25) is 0 Å². The molecule has 0 aromatic heterocycles. The van der Waals surface area contributed by atoms with Crippen molar-refractivity contribution < 1.29 is 18.8 Å². The van der Waals surface area contributed by atoms with Crippen LogP contribution in [-0.4, -0.2) is 30.4 Å². The number of carbonyl (C=O) groups excluding carboxylic acids is 3. The fraction of sp³-hybridized carbons (Fsp3) is 0.357. The molecule has 7 nitrogen and oxygen atoms in total. The first kappa shape index (κ1) is 18.9. The number of anilines is 1. The molecule has 0 bridgehead atoms. The predicted octanol–water partition coefficient (Wildman–Crippen LogP) is 1.48. The van der Waals surface area contributed by atoms with Gasteiger partial charge in [0.25, 0.3) is 0 Å². The van der Waals surface area contributed by atoms with E-state index in [1.54, 1.807) is 6.07 Å². The number of benzene rings is 1. The van der Waals surface area contributed by atoms with Crippen molar-refractivity contribution in [2.24, 2.45) is 5.73 Å². The van der Waals surface area contributed by atoms with E-state index >= 15 is 0 Å². The highest BCUT2D eigenvalue weighted by molar-refractivity contribution is 9.10. The zero-order chi connectivity index (χ0) is 17.4. The summed E-state index contributed by atoms with van der Waals surface area (Å²) < 4.78 is 14.2. The van der Waals surface area contributed by atoms with Gasteiger partial charge >= 0.3 is 6.03 Å². The molecule has 23 heavy (non-hydrogen) atoms. The Morgan fingerprint density at radius 3 is 2.61 bits per heavy atom. The van der Waals surface area contributed by atoms with E-state index in [0.29, 0.717) is 17.3 Å². The predicted molar refractivity (Wildman–Crippen MR) is 87.2 cm³/mol. The van der Waals surface area contributed by atoms with Crippen molar-refractivity contribution in [3.05, 3.63) is 28.5 Å². The van der Waals surface area contributed by atoms with Crippen molar-refractivity contribution >= 4 is 39.5 Å². The number of amides is 4. The summed E-state index contributed by atoms with van der Waals surface area (Å²) in [7, 11) is 0. The molecule has 1 aromatic carbocycles. The molecule has 5 N–H and O–H groups in total. The summed E-state index contributed by atoms with van der Waals surface area (Å²) in [4.78, 5) is 34.5. The molecule has 0 saturated carbocycles. The van der Waals surface area contributed by atoms with E-state index in [4.69, 9.17) is 5.73 Å². The van der Waals surface area contributed by atoms with Crippen LogP contribution in [0.15, 0.2) is 22.7 Å². The van der Waals surface area contributed by atoms with E-state index in [0.717, 1.165) is 0 Å². The molecule has 0 fully saturated rings. The number of urea groups is 1. The lowest BCUT2D eigenvalue weighted by atomic mass is 10.1. The first-order chi connectivity index (χ1) is 10.8.